The topological polar surface area (TPSA) is 46.1 Å². The van der Waals surface area contributed by atoms with Crippen LogP contribution in [-0.2, 0) is 17.9 Å². The summed E-state index contributed by atoms with van der Waals surface area (Å²) in [6.45, 7) is 10.2. The van der Waals surface area contributed by atoms with Crippen LogP contribution in [0, 0.1) is 0 Å². The third-order valence-corrected chi connectivity index (χ3v) is 3.25. The summed E-state index contributed by atoms with van der Waals surface area (Å²) in [5, 5.41) is 7.49. The molecule has 0 unspecified atom stereocenters. The predicted molar refractivity (Wildman–Crippen MR) is 87.2 cm³/mol. The van der Waals surface area contributed by atoms with Gasteiger partial charge < -0.3 is 15.2 Å². The Bertz CT molecular complexity index is 622. The molecule has 0 saturated carbocycles. The molecule has 2 N–H and O–H groups in total. The van der Waals surface area contributed by atoms with Crippen molar-refractivity contribution in [3.63, 3.8) is 0 Å². The average Bonchev–Trinajstić information content (AvgIpc) is 2.77. The van der Waals surface area contributed by atoms with Crippen molar-refractivity contribution in [2.45, 2.75) is 46.3 Å². The van der Waals surface area contributed by atoms with Crippen molar-refractivity contribution in [3.8, 4) is 0 Å². The van der Waals surface area contributed by atoms with E-state index in [9.17, 15) is 4.79 Å². The molecule has 1 aromatic heterocycles. The second-order valence-electron chi connectivity index (χ2n) is 6.42. The molecular weight excluding hydrogens is 262 g/mol. The quantitative estimate of drug-likeness (QED) is 0.888. The Kier molecular flexibility index (Phi) is 4.68. The number of carbonyl (C=O) groups is 1. The summed E-state index contributed by atoms with van der Waals surface area (Å²) >= 11 is 0. The zero-order valence-corrected chi connectivity index (χ0v) is 13.4. The van der Waals surface area contributed by atoms with Gasteiger partial charge in [-0.3, -0.25) is 4.79 Å². The summed E-state index contributed by atoms with van der Waals surface area (Å²) < 4.78 is 2.01. The van der Waals surface area contributed by atoms with Crippen LogP contribution in [0.25, 0.3) is 10.9 Å². The number of hydrogen-bond acceptors (Lipinski definition) is 2. The van der Waals surface area contributed by atoms with Crippen LogP contribution in [0.15, 0.2) is 30.5 Å². The minimum absolute atomic E-state index is 0.0390. The van der Waals surface area contributed by atoms with Gasteiger partial charge in [-0.05, 0) is 50.4 Å². The highest BCUT2D eigenvalue weighted by molar-refractivity contribution is 5.84. The highest BCUT2D eigenvalue weighted by Gasteiger charge is 2.14. The SMILES string of the molecule is CCNCc1ccc2ccn(CC(=O)NC(C)(C)C)c2c1. The van der Waals surface area contributed by atoms with Crippen LogP contribution in [0.2, 0.25) is 0 Å². The average molecular weight is 287 g/mol. The molecule has 0 aliphatic rings. The fraction of sp³-hybridized carbons (Fsp3) is 0.471. The van der Waals surface area contributed by atoms with Gasteiger partial charge in [-0.2, -0.15) is 0 Å². The zero-order valence-electron chi connectivity index (χ0n) is 13.4. The molecule has 0 atom stereocenters. The number of carbonyl (C=O) groups excluding carboxylic acids is 1. The first-order valence-corrected chi connectivity index (χ1v) is 7.48. The number of benzene rings is 1. The molecule has 1 heterocycles. The van der Waals surface area contributed by atoms with Crippen LogP contribution < -0.4 is 10.6 Å². The third-order valence-electron chi connectivity index (χ3n) is 3.25. The van der Waals surface area contributed by atoms with Crippen LogP contribution >= 0.6 is 0 Å². The molecule has 0 aliphatic carbocycles. The molecular formula is C17H25N3O. The lowest BCUT2D eigenvalue weighted by atomic mass is 10.1. The molecule has 0 fully saturated rings. The maximum absolute atomic E-state index is 12.1. The van der Waals surface area contributed by atoms with Crippen molar-refractivity contribution in [1.82, 2.24) is 15.2 Å². The van der Waals surface area contributed by atoms with E-state index in [4.69, 9.17) is 0 Å². The summed E-state index contributed by atoms with van der Waals surface area (Å²) in [5.74, 6) is 0.0390. The van der Waals surface area contributed by atoms with Crippen molar-refractivity contribution < 1.29 is 4.79 Å². The molecule has 2 aromatic rings. The standard InChI is InChI=1S/C17H25N3O/c1-5-18-11-13-6-7-14-8-9-20(15(14)10-13)12-16(21)19-17(2,3)4/h6-10,18H,5,11-12H2,1-4H3,(H,19,21). The number of nitrogens with zero attached hydrogens (tertiary/aromatic N) is 1. The lowest BCUT2D eigenvalue weighted by Crippen LogP contribution is -2.42. The minimum Gasteiger partial charge on any atom is -0.350 e. The van der Waals surface area contributed by atoms with E-state index < -0.39 is 0 Å². The van der Waals surface area contributed by atoms with E-state index >= 15 is 0 Å². The van der Waals surface area contributed by atoms with Gasteiger partial charge in [-0.1, -0.05) is 19.1 Å². The van der Waals surface area contributed by atoms with Crippen molar-refractivity contribution in [3.05, 3.63) is 36.0 Å². The van der Waals surface area contributed by atoms with Crippen LogP contribution in [0.4, 0.5) is 0 Å². The predicted octanol–water partition coefficient (Wildman–Crippen LogP) is 2.67. The molecule has 4 heteroatoms. The molecule has 2 rings (SSSR count). The second-order valence-corrected chi connectivity index (χ2v) is 6.42. The van der Waals surface area contributed by atoms with Crippen LogP contribution in [-0.4, -0.2) is 22.6 Å². The van der Waals surface area contributed by atoms with Gasteiger partial charge in [0.25, 0.3) is 0 Å². The first-order valence-electron chi connectivity index (χ1n) is 7.48. The van der Waals surface area contributed by atoms with Gasteiger partial charge in [-0.15, -0.1) is 0 Å². The summed E-state index contributed by atoms with van der Waals surface area (Å²) in [6.07, 6.45) is 1.98. The largest absolute Gasteiger partial charge is 0.350 e. The fourth-order valence-electron chi connectivity index (χ4n) is 2.36. The lowest BCUT2D eigenvalue weighted by Gasteiger charge is -2.20. The Morgan fingerprint density at radius 2 is 2.00 bits per heavy atom. The van der Waals surface area contributed by atoms with Crippen molar-refractivity contribution >= 4 is 16.8 Å². The number of aromatic nitrogens is 1. The van der Waals surface area contributed by atoms with Gasteiger partial charge in [-0.25, -0.2) is 0 Å². The number of hydrogen-bond donors (Lipinski definition) is 2. The van der Waals surface area contributed by atoms with Gasteiger partial charge in [0.1, 0.15) is 6.54 Å². The van der Waals surface area contributed by atoms with Crippen LogP contribution in [0.3, 0.4) is 0 Å². The molecule has 0 bridgehead atoms. The van der Waals surface area contributed by atoms with Gasteiger partial charge in [0.15, 0.2) is 0 Å². The molecule has 0 radical (unpaired) electrons. The van der Waals surface area contributed by atoms with Crippen molar-refractivity contribution in [2.75, 3.05) is 6.54 Å². The number of nitrogens with one attached hydrogen (secondary N) is 2. The Balaban J connectivity index is 2.18. The molecule has 0 spiro atoms. The van der Waals surface area contributed by atoms with E-state index in [-0.39, 0.29) is 11.4 Å². The Morgan fingerprint density at radius 3 is 2.67 bits per heavy atom. The number of fused-ring (bicyclic) bond motifs is 1. The third kappa shape index (κ3) is 4.33. The fourth-order valence-corrected chi connectivity index (χ4v) is 2.36. The van der Waals surface area contributed by atoms with Gasteiger partial charge in [0.05, 0.1) is 0 Å². The van der Waals surface area contributed by atoms with E-state index in [0.29, 0.717) is 6.54 Å². The number of amides is 1. The zero-order chi connectivity index (χ0) is 15.5. The van der Waals surface area contributed by atoms with E-state index in [1.165, 1.54) is 10.9 Å². The van der Waals surface area contributed by atoms with E-state index in [2.05, 4.69) is 41.8 Å². The molecule has 1 aromatic carbocycles. The highest BCUT2D eigenvalue weighted by atomic mass is 16.2. The van der Waals surface area contributed by atoms with E-state index in [1.54, 1.807) is 0 Å². The van der Waals surface area contributed by atoms with Crippen LogP contribution in [0.1, 0.15) is 33.3 Å². The van der Waals surface area contributed by atoms with Gasteiger partial charge in [0, 0.05) is 23.8 Å². The maximum Gasteiger partial charge on any atom is 0.240 e. The molecule has 21 heavy (non-hydrogen) atoms. The van der Waals surface area contributed by atoms with Crippen molar-refractivity contribution in [2.24, 2.45) is 0 Å². The smallest absolute Gasteiger partial charge is 0.240 e. The Hall–Kier alpha value is -1.81. The maximum atomic E-state index is 12.1. The summed E-state index contributed by atoms with van der Waals surface area (Å²) in [7, 11) is 0. The first kappa shape index (κ1) is 15.6. The monoisotopic (exact) mass is 287 g/mol. The van der Waals surface area contributed by atoms with Gasteiger partial charge in [0.2, 0.25) is 5.91 Å². The molecule has 114 valence electrons. The van der Waals surface area contributed by atoms with Crippen molar-refractivity contribution in [1.29, 1.82) is 0 Å². The molecule has 0 aliphatic heterocycles. The normalized spacial score (nSPS) is 11.8. The lowest BCUT2D eigenvalue weighted by molar-refractivity contribution is -0.123. The first-order chi connectivity index (χ1) is 9.89. The number of rotatable bonds is 5. The highest BCUT2D eigenvalue weighted by Crippen LogP contribution is 2.18. The molecule has 1 amide bonds. The van der Waals surface area contributed by atoms with Gasteiger partial charge >= 0.3 is 0 Å². The Morgan fingerprint density at radius 1 is 1.24 bits per heavy atom. The molecule has 0 saturated heterocycles. The Labute approximate surface area is 126 Å². The minimum atomic E-state index is -0.198. The van der Waals surface area contributed by atoms with Crippen LogP contribution in [0.5, 0.6) is 0 Å². The van der Waals surface area contributed by atoms with E-state index in [0.717, 1.165) is 18.6 Å². The summed E-state index contributed by atoms with van der Waals surface area (Å²) in [5.41, 5.74) is 2.14. The summed E-state index contributed by atoms with van der Waals surface area (Å²) in [4.78, 5) is 12.1. The second kappa shape index (κ2) is 6.31. The van der Waals surface area contributed by atoms with E-state index in [1.807, 2.05) is 31.5 Å². The summed E-state index contributed by atoms with van der Waals surface area (Å²) in [6, 6.07) is 8.45. The molecule has 4 nitrogen and oxygen atoms in total.